The number of carboxylic acid groups (broad SMARTS) is 1. The lowest BCUT2D eigenvalue weighted by Gasteiger charge is -2.43. The van der Waals surface area contributed by atoms with Crippen molar-refractivity contribution in [3.05, 3.63) is 23.8 Å². The highest BCUT2D eigenvalue weighted by Crippen LogP contribution is 2.44. The highest BCUT2D eigenvalue weighted by molar-refractivity contribution is 5.74. The molecule has 0 aromatic heterocycles. The van der Waals surface area contributed by atoms with Crippen LogP contribution in [0.4, 0.5) is 0 Å². The fraction of sp³-hybridized carbons (Fsp3) is 0.739. The Labute approximate surface area is 178 Å². The van der Waals surface area contributed by atoms with E-state index in [4.69, 9.17) is 9.84 Å². The number of carboxylic acids is 1. The molecule has 6 unspecified atom stereocenters. The SMILES string of the molecule is CCC(C)C(=O)OC1CC(O)C=C2C=CC(C)C(CCCCCC(O)(O)C(=O)O)C21. The zero-order valence-electron chi connectivity index (χ0n) is 18.2. The topological polar surface area (TPSA) is 124 Å². The van der Waals surface area contributed by atoms with Crippen LogP contribution < -0.4 is 0 Å². The number of fused-ring (bicyclic) bond motifs is 1. The second-order valence-corrected chi connectivity index (χ2v) is 8.88. The number of ether oxygens (including phenoxy) is 1. The van der Waals surface area contributed by atoms with E-state index in [-0.39, 0.29) is 42.2 Å². The van der Waals surface area contributed by atoms with Gasteiger partial charge in [0.05, 0.1) is 12.0 Å². The molecule has 6 atom stereocenters. The fourth-order valence-electron chi connectivity index (χ4n) is 4.45. The van der Waals surface area contributed by atoms with E-state index in [0.29, 0.717) is 25.7 Å². The van der Waals surface area contributed by atoms with Crippen molar-refractivity contribution < 1.29 is 34.8 Å². The standard InChI is InChI=1S/C23H36O7/c1-4-14(2)21(25)30-19-13-17(24)12-16-10-9-15(3)18(20(16)19)8-6-5-7-11-23(28,29)22(26)27/h9-10,12,14-15,17-20,24,28-29H,4-8,11,13H2,1-3H3,(H,26,27). The number of esters is 1. The molecule has 2 rings (SSSR count). The first-order valence-electron chi connectivity index (χ1n) is 11.0. The van der Waals surface area contributed by atoms with Gasteiger partial charge >= 0.3 is 11.9 Å². The van der Waals surface area contributed by atoms with Crippen molar-refractivity contribution in [2.75, 3.05) is 0 Å². The van der Waals surface area contributed by atoms with Crippen LogP contribution in [-0.2, 0) is 14.3 Å². The van der Waals surface area contributed by atoms with Gasteiger partial charge in [-0.15, -0.1) is 0 Å². The number of rotatable bonds is 10. The Morgan fingerprint density at radius 3 is 2.60 bits per heavy atom. The number of aliphatic hydroxyl groups is 3. The second-order valence-electron chi connectivity index (χ2n) is 8.88. The molecule has 7 nitrogen and oxygen atoms in total. The van der Waals surface area contributed by atoms with E-state index < -0.39 is 17.9 Å². The average Bonchev–Trinajstić information content (AvgIpc) is 2.68. The number of carbonyl (C=O) groups excluding carboxylic acids is 1. The lowest BCUT2D eigenvalue weighted by molar-refractivity contribution is -0.205. The molecule has 0 bridgehead atoms. The highest BCUT2D eigenvalue weighted by Gasteiger charge is 2.42. The van der Waals surface area contributed by atoms with Gasteiger partial charge in [-0.3, -0.25) is 4.79 Å². The van der Waals surface area contributed by atoms with Gasteiger partial charge in [-0.25, -0.2) is 4.79 Å². The molecule has 7 heteroatoms. The normalized spacial score (nSPS) is 29.7. The van der Waals surface area contributed by atoms with Gasteiger partial charge in [0.15, 0.2) is 0 Å². The minimum Gasteiger partial charge on any atom is -0.477 e. The molecular formula is C23H36O7. The van der Waals surface area contributed by atoms with Crippen LogP contribution in [0.3, 0.4) is 0 Å². The number of allylic oxidation sites excluding steroid dienone is 2. The maximum Gasteiger partial charge on any atom is 0.364 e. The summed E-state index contributed by atoms with van der Waals surface area (Å²) >= 11 is 0. The molecule has 2 aliphatic carbocycles. The molecule has 0 radical (unpaired) electrons. The molecule has 0 fully saturated rings. The lowest BCUT2D eigenvalue weighted by atomic mass is 9.66. The number of hydrogen-bond acceptors (Lipinski definition) is 6. The third kappa shape index (κ3) is 6.15. The molecule has 0 saturated carbocycles. The van der Waals surface area contributed by atoms with Gasteiger partial charge in [-0.05, 0) is 36.7 Å². The molecule has 0 aromatic carbocycles. The summed E-state index contributed by atoms with van der Waals surface area (Å²) in [4.78, 5) is 23.2. The Morgan fingerprint density at radius 1 is 1.27 bits per heavy atom. The van der Waals surface area contributed by atoms with Gasteiger partial charge in [-0.2, -0.15) is 0 Å². The monoisotopic (exact) mass is 424 g/mol. The number of aliphatic carboxylic acids is 1. The summed E-state index contributed by atoms with van der Waals surface area (Å²) in [5, 5.41) is 37.8. The van der Waals surface area contributed by atoms with Gasteiger partial charge in [0.1, 0.15) is 6.10 Å². The van der Waals surface area contributed by atoms with Crippen LogP contribution in [0.25, 0.3) is 0 Å². The average molecular weight is 425 g/mol. The van der Waals surface area contributed by atoms with Gasteiger partial charge in [0, 0.05) is 18.8 Å². The highest BCUT2D eigenvalue weighted by atomic mass is 16.5. The molecule has 0 spiro atoms. The largest absolute Gasteiger partial charge is 0.477 e. The quantitative estimate of drug-likeness (QED) is 0.241. The number of aliphatic hydroxyl groups excluding tert-OH is 1. The third-order valence-electron chi connectivity index (χ3n) is 6.56. The zero-order chi connectivity index (χ0) is 22.5. The van der Waals surface area contributed by atoms with Crippen molar-refractivity contribution in [1.29, 1.82) is 0 Å². The molecule has 170 valence electrons. The minimum atomic E-state index is -2.68. The van der Waals surface area contributed by atoms with Gasteiger partial charge in [0.25, 0.3) is 5.79 Å². The van der Waals surface area contributed by atoms with E-state index in [1.165, 1.54) is 0 Å². The Kier molecular flexibility index (Phi) is 8.64. The summed E-state index contributed by atoms with van der Waals surface area (Å²) in [5.41, 5.74) is 1.01. The molecule has 0 heterocycles. The van der Waals surface area contributed by atoms with Crippen LogP contribution in [0.15, 0.2) is 23.8 Å². The molecule has 0 amide bonds. The number of unbranched alkanes of at least 4 members (excludes halogenated alkanes) is 2. The predicted molar refractivity (Wildman–Crippen MR) is 111 cm³/mol. The van der Waals surface area contributed by atoms with Crippen molar-refractivity contribution in [2.45, 2.75) is 83.7 Å². The van der Waals surface area contributed by atoms with E-state index >= 15 is 0 Å². The summed E-state index contributed by atoms with van der Waals surface area (Å²) < 4.78 is 5.86. The van der Waals surface area contributed by atoms with Crippen LogP contribution in [0.2, 0.25) is 0 Å². The molecule has 2 aliphatic rings. The van der Waals surface area contributed by atoms with Crippen molar-refractivity contribution >= 4 is 11.9 Å². The molecule has 0 aliphatic heterocycles. The summed E-state index contributed by atoms with van der Waals surface area (Å²) in [5.74, 6) is -4.18. The van der Waals surface area contributed by atoms with Gasteiger partial charge in [-0.1, -0.05) is 51.8 Å². The van der Waals surface area contributed by atoms with Crippen molar-refractivity contribution in [1.82, 2.24) is 0 Å². The van der Waals surface area contributed by atoms with E-state index in [2.05, 4.69) is 13.0 Å². The van der Waals surface area contributed by atoms with E-state index in [1.54, 1.807) is 0 Å². The summed E-state index contributed by atoms with van der Waals surface area (Å²) in [6.45, 7) is 5.92. The Bertz CT molecular complexity index is 666. The second kappa shape index (κ2) is 10.6. The molecule has 0 saturated heterocycles. The van der Waals surface area contributed by atoms with Crippen LogP contribution in [0.5, 0.6) is 0 Å². The lowest BCUT2D eigenvalue weighted by Crippen LogP contribution is -2.42. The van der Waals surface area contributed by atoms with Crippen molar-refractivity contribution in [3.63, 3.8) is 0 Å². The molecule has 0 aromatic rings. The maximum atomic E-state index is 12.4. The molecule has 30 heavy (non-hydrogen) atoms. The van der Waals surface area contributed by atoms with Gasteiger partial charge < -0.3 is 25.2 Å². The van der Waals surface area contributed by atoms with E-state index in [1.807, 2.05) is 26.0 Å². The molecular weight excluding hydrogens is 388 g/mol. The van der Waals surface area contributed by atoms with Crippen molar-refractivity contribution in [2.24, 2.45) is 23.7 Å². The first-order valence-corrected chi connectivity index (χ1v) is 11.0. The zero-order valence-corrected chi connectivity index (χ0v) is 18.2. The Balaban J connectivity index is 2.02. The smallest absolute Gasteiger partial charge is 0.364 e. The Hall–Kier alpha value is -1.70. The maximum absolute atomic E-state index is 12.4. The molecule has 4 N–H and O–H groups in total. The van der Waals surface area contributed by atoms with Crippen molar-refractivity contribution in [3.8, 4) is 0 Å². The van der Waals surface area contributed by atoms with E-state index in [9.17, 15) is 24.9 Å². The van der Waals surface area contributed by atoms with Crippen LogP contribution in [0.1, 0.15) is 65.7 Å². The Morgan fingerprint density at radius 2 is 1.97 bits per heavy atom. The van der Waals surface area contributed by atoms with Gasteiger partial charge in [0.2, 0.25) is 0 Å². The first kappa shape index (κ1) is 24.6. The van der Waals surface area contributed by atoms with E-state index in [0.717, 1.165) is 18.4 Å². The minimum absolute atomic E-state index is 0.0233. The summed E-state index contributed by atoms with van der Waals surface area (Å²) in [6.07, 6.45) is 8.60. The van der Waals surface area contributed by atoms with Crippen LogP contribution in [0, 0.1) is 23.7 Å². The number of hydrogen-bond donors (Lipinski definition) is 4. The van der Waals surface area contributed by atoms with Crippen LogP contribution in [-0.4, -0.2) is 50.4 Å². The summed E-state index contributed by atoms with van der Waals surface area (Å²) in [7, 11) is 0. The predicted octanol–water partition coefficient (Wildman–Crippen LogP) is 2.79. The number of carbonyl (C=O) groups is 2. The summed E-state index contributed by atoms with van der Waals surface area (Å²) in [6, 6.07) is 0. The fourth-order valence-corrected chi connectivity index (χ4v) is 4.45. The van der Waals surface area contributed by atoms with Crippen LogP contribution >= 0.6 is 0 Å². The first-order chi connectivity index (χ1) is 14.1. The third-order valence-corrected chi connectivity index (χ3v) is 6.56.